The highest BCUT2D eigenvalue weighted by Crippen LogP contribution is 2.58. The van der Waals surface area contributed by atoms with Gasteiger partial charge in [-0.1, -0.05) is 114 Å². The minimum atomic E-state index is -1.21. The number of aliphatic carboxylic acids is 1. The second kappa shape index (κ2) is 12.2. The van der Waals surface area contributed by atoms with Gasteiger partial charge in [0, 0.05) is 52.8 Å². The molecular formula is C51H40N2O2S2. The fraction of sp³-hybridized carbons (Fsp3) is 0.176. The molecule has 0 bridgehead atoms. The van der Waals surface area contributed by atoms with Crippen LogP contribution in [0.4, 0.5) is 17.1 Å². The van der Waals surface area contributed by atoms with E-state index in [0.29, 0.717) is 0 Å². The monoisotopic (exact) mass is 776 g/mol. The third-order valence-corrected chi connectivity index (χ3v) is 15.2. The normalized spacial score (nSPS) is 15.8. The number of nitrogens with zero attached hydrogens (tertiary/aromatic N) is 2. The molecule has 278 valence electrons. The van der Waals surface area contributed by atoms with E-state index in [1.54, 1.807) is 22.7 Å². The predicted molar refractivity (Wildman–Crippen MR) is 236 cm³/mol. The maximum Gasteiger partial charge on any atom is 0.346 e. The summed E-state index contributed by atoms with van der Waals surface area (Å²) in [4.78, 5) is 18.3. The van der Waals surface area contributed by atoms with Crippen molar-refractivity contribution in [3.63, 3.8) is 0 Å². The molecule has 5 aromatic carbocycles. The van der Waals surface area contributed by atoms with Crippen molar-refractivity contribution >= 4 is 51.8 Å². The van der Waals surface area contributed by atoms with Crippen molar-refractivity contribution in [2.75, 3.05) is 4.90 Å². The molecule has 10 rings (SSSR count). The number of rotatable bonds is 6. The molecule has 0 unspecified atom stereocenters. The Bertz CT molecular complexity index is 2820. The van der Waals surface area contributed by atoms with E-state index in [2.05, 4.69) is 162 Å². The van der Waals surface area contributed by atoms with E-state index in [9.17, 15) is 15.2 Å². The Morgan fingerprint density at radius 3 is 1.60 bits per heavy atom. The number of carbonyl (C=O) groups is 1. The molecule has 0 radical (unpaired) electrons. The van der Waals surface area contributed by atoms with Gasteiger partial charge in [-0.05, 0) is 116 Å². The molecule has 0 amide bonds. The quantitative estimate of drug-likeness (QED) is 0.135. The Balaban J connectivity index is 1.07. The van der Waals surface area contributed by atoms with Gasteiger partial charge in [0.2, 0.25) is 0 Å². The van der Waals surface area contributed by atoms with E-state index in [1.165, 1.54) is 71.5 Å². The van der Waals surface area contributed by atoms with Crippen molar-refractivity contribution in [2.45, 2.75) is 57.8 Å². The topological polar surface area (TPSA) is 64.3 Å². The van der Waals surface area contributed by atoms with Crippen LogP contribution in [0.2, 0.25) is 0 Å². The van der Waals surface area contributed by atoms with Crippen molar-refractivity contribution in [3.05, 3.63) is 165 Å². The van der Waals surface area contributed by atoms with Crippen LogP contribution >= 0.6 is 22.7 Å². The maximum absolute atomic E-state index is 11.6. The SMILES string of the molecule is CC1(C)c2ccccc2-c2ccc(N(c3ccc(-c4cc5c(s4)-c4sc(/C=C(\C#N)C(=O)O)cc4C5(C)C)cc3)c3ccc4c(c3)C(C)(C)c3ccccc3-4)cc21. The number of carboxylic acid groups (broad SMARTS) is 1. The number of hydrogen-bond donors (Lipinski definition) is 1. The largest absolute Gasteiger partial charge is 0.477 e. The average Bonchev–Trinajstić information content (AvgIpc) is 3.98. The molecule has 0 fully saturated rings. The number of fused-ring (bicyclic) bond motifs is 9. The Labute approximate surface area is 341 Å². The summed E-state index contributed by atoms with van der Waals surface area (Å²) >= 11 is 3.34. The highest BCUT2D eigenvalue weighted by molar-refractivity contribution is 7.24. The molecule has 2 heterocycles. The first-order valence-electron chi connectivity index (χ1n) is 19.3. The van der Waals surface area contributed by atoms with Gasteiger partial charge in [-0.3, -0.25) is 0 Å². The molecule has 1 N–H and O–H groups in total. The molecule has 0 atom stereocenters. The van der Waals surface area contributed by atoms with Gasteiger partial charge in [0.1, 0.15) is 11.6 Å². The Morgan fingerprint density at radius 1 is 0.579 bits per heavy atom. The van der Waals surface area contributed by atoms with Gasteiger partial charge in [0.15, 0.2) is 0 Å². The van der Waals surface area contributed by atoms with Crippen LogP contribution in [0.3, 0.4) is 0 Å². The molecule has 2 aromatic heterocycles. The van der Waals surface area contributed by atoms with Gasteiger partial charge in [0.25, 0.3) is 0 Å². The standard InChI is InChI=1S/C51H40N2O2S2/c1-49(2)39-13-9-7-11-35(39)37-21-19-32(24-41(37)49)53(33-20-22-38-36-12-8-10-14-40(36)50(3,4)42(38)25-33)31-17-15-29(16-18-31)45-27-44-47(57-45)46-43(51(44,5)6)26-34(56-46)23-30(28-52)48(54)55/h7-27H,1-6H3,(H,54,55)/b30-23+. The third kappa shape index (κ3) is 5.12. The van der Waals surface area contributed by atoms with E-state index in [1.807, 2.05) is 12.1 Å². The molecule has 3 aliphatic rings. The molecule has 6 heteroatoms. The maximum atomic E-state index is 11.6. The van der Waals surface area contributed by atoms with E-state index < -0.39 is 5.97 Å². The lowest BCUT2D eigenvalue weighted by Crippen LogP contribution is -2.18. The summed E-state index contributed by atoms with van der Waals surface area (Å²) in [6, 6.07) is 46.8. The van der Waals surface area contributed by atoms with E-state index >= 15 is 0 Å². The molecule has 0 saturated carbocycles. The number of benzene rings is 5. The molecule has 7 aromatic rings. The average molecular weight is 777 g/mol. The van der Waals surface area contributed by atoms with Gasteiger partial charge in [0.05, 0.1) is 0 Å². The van der Waals surface area contributed by atoms with Crippen LogP contribution in [-0.2, 0) is 21.0 Å². The zero-order valence-electron chi connectivity index (χ0n) is 32.7. The zero-order valence-corrected chi connectivity index (χ0v) is 34.3. The van der Waals surface area contributed by atoms with E-state index in [-0.39, 0.29) is 21.8 Å². The summed E-state index contributed by atoms with van der Waals surface area (Å²) in [6.07, 6.45) is 1.49. The van der Waals surface area contributed by atoms with E-state index in [4.69, 9.17) is 0 Å². The summed E-state index contributed by atoms with van der Waals surface area (Å²) in [7, 11) is 0. The summed E-state index contributed by atoms with van der Waals surface area (Å²) in [6.45, 7) is 13.8. The summed E-state index contributed by atoms with van der Waals surface area (Å²) < 4.78 is 0. The van der Waals surface area contributed by atoms with Crippen molar-refractivity contribution in [1.29, 1.82) is 5.26 Å². The van der Waals surface area contributed by atoms with Crippen LogP contribution < -0.4 is 4.90 Å². The van der Waals surface area contributed by atoms with Crippen molar-refractivity contribution in [3.8, 4) is 48.5 Å². The van der Waals surface area contributed by atoms with Crippen LogP contribution in [0.5, 0.6) is 0 Å². The van der Waals surface area contributed by atoms with Crippen molar-refractivity contribution in [2.24, 2.45) is 0 Å². The minimum absolute atomic E-state index is 0.125. The van der Waals surface area contributed by atoms with Gasteiger partial charge in [-0.25, -0.2) is 4.79 Å². The second-order valence-electron chi connectivity index (χ2n) is 17.0. The lowest BCUT2D eigenvalue weighted by atomic mass is 9.82. The first-order chi connectivity index (χ1) is 27.3. The lowest BCUT2D eigenvalue weighted by Gasteiger charge is -2.30. The van der Waals surface area contributed by atoms with Gasteiger partial charge < -0.3 is 10.0 Å². The molecule has 0 saturated heterocycles. The van der Waals surface area contributed by atoms with Crippen molar-refractivity contribution in [1.82, 2.24) is 0 Å². The van der Waals surface area contributed by atoms with Crippen LogP contribution in [0, 0.1) is 11.3 Å². The molecular weight excluding hydrogens is 737 g/mol. The molecule has 3 aliphatic carbocycles. The van der Waals surface area contributed by atoms with Crippen LogP contribution in [0.1, 0.15) is 79.8 Å². The fourth-order valence-corrected chi connectivity index (χ4v) is 12.3. The van der Waals surface area contributed by atoms with Gasteiger partial charge in [-0.15, -0.1) is 22.7 Å². The third-order valence-electron chi connectivity index (χ3n) is 12.7. The summed E-state index contributed by atoms with van der Waals surface area (Å²) in [5.74, 6) is -1.21. The second-order valence-corrected chi connectivity index (χ2v) is 19.2. The van der Waals surface area contributed by atoms with Gasteiger partial charge in [-0.2, -0.15) is 5.26 Å². The lowest BCUT2D eigenvalue weighted by molar-refractivity contribution is -0.132. The minimum Gasteiger partial charge on any atom is -0.477 e. The molecule has 0 aliphatic heterocycles. The van der Waals surface area contributed by atoms with Crippen LogP contribution in [0.15, 0.2) is 127 Å². The highest BCUT2D eigenvalue weighted by atomic mass is 32.1. The predicted octanol–water partition coefficient (Wildman–Crippen LogP) is 13.9. The highest BCUT2D eigenvalue weighted by Gasteiger charge is 2.40. The number of nitriles is 1. The van der Waals surface area contributed by atoms with Crippen molar-refractivity contribution < 1.29 is 9.90 Å². The molecule has 4 nitrogen and oxygen atoms in total. The smallest absolute Gasteiger partial charge is 0.346 e. The van der Waals surface area contributed by atoms with Crippen LogP contribution in [0.25, 0.3) is 48.5 Å². The Morgan fingerprint density at radius 2 is 1.05 bits per heavy atom. The van der Waals surface area contributed by atoms with E-state index in [0.717, 1.165) is 32.4 Å². The number of thiophene rings is 2. The number of hydrogen-bond acceptors (Lipinski definition) is 5. The molecule has 0 spiro atoms. The zero-order chi connectivity index (χ0) is 39.6. The summed E-state index contributed by atoms with van der Waals surface area (Å²) in [5, 5.41) is 18.8. The van der Waals surface area contributed by atoms with Gasteiger partial charge >= 0.3 is 5.97 Å². The number of carboxylic acids is 1. The molecule has 57 heavy (non-hydrogen) atoms. The number of anilines is 3. The Hall–Kier alpha value is -6.00. The summed E-state index contributed by atoms with van der Waals surface area (Å²) in [5.41, 5.74) is 16.9. The Kier molecular flexibility index (Phi) is 7.61. The van der Waals surface area contributed by atoms with Crippen LogP contribution in [-0.4, -0.2) is 11.1 Å². The first-order valence-corrected chi connectivity index (χ1v) is 21.0. The first kappa shape index (κ1) is 35.4. The fourth-order valence-electron chi connectivity index (χ4n) is 9.59.